The molecule has 1 amide bonds. The summed E-state index contributed by atoms with van der Waals surface area (Å²) in [6, 6.07) is 3.15. The van der Waals surface area contributed by atoms with E-state index in [1.54, 1.807) is 39.1 Å². The zero-order valence-electron chi connectivity index (χ0n) is 12.3. The standard InChI is InChI=1S/C14H21BrN2O3/c1-5-11(9-18)17(13(19)20-14(2,3)4)12-7-6-10(15)8-16-12/h6-8,11,18H,5,9H2,1-4H3/t11-/m1/s1. The molecule has 5 nitrogen and oxygen atoms in total. The van der Waals surface area contributed by atoms with Crippen molar-refractivity contribution in [2.75, 3.05) is 11.5 Å². The first-order valence-electron chi connectivity index (χ1n) is 6.53. The number of anilines is 1. The summed E-state index contributed by atoms with van der Waals surface area (Å²) in [5.74, 6) is 0.461. The third-order valence-electron chi connectivity index (χ3n) is 2.60. The maximum Gasteiger partial charge on any atom is 0.416 e. The van der Waals surface area contributed by atoms with Crippen LogP contribution in [0.1, 0.15) is 34.1 Å². The molecule has 0 saturated heterocycles. The van der Waals surface area contributed by atoms with E-state index in [1.807, 2.05) is 6.92 Å². The molecular weight excluding hydrogens is 324 g/mol. The molecular formula is C14H21BrN2O3. The topological polar surface area (TPSA) is 62.7 Å². The van der Waals surface area contributed by atoms with Gasteiger partial charge in [-0.1, -0.05) is 6.92 Å². The Kier molecular flexibility index (Phi) is 5.95. The second kappa shape index (κ2) is 7.04. The summed E-state index contributed by atoms with van der Waals surface area (Å²) >= 11 is 3.31. The molecule has 0 saturated carbocycles. The molecule has 0 spiro atoms. The van der Waals surface area contributed by atoms with E-state index in [9.17, 15) is 9.90 Å². The van der Waals surface area contributed by atoms with Gasteiger partial charge in [-0.05, 0) is 55.3 Å². The number of aromatic nitrogens is 1. The molecule has 1 heterocycles. The summed E-state index contributed by atoms with van der Waals surface area (Å²) in [5.41, 5.74) is -0.599. The normalized spacial score (nSPS) is 12.9. The Labute approximate surface area is 128 Å². The first-order valence-corrected chi connectivity index (χ1v) is 7.32. The van der Waals surface area contributed by atoms with E-state index in [0.29, 0.717) is 12.2 Å². The minimum absolute atomic E-state index is 0.145. The molecule has 20 heavy (non-hydrogen) atoms. The summed E-state index contributed by atoms with van der Waals surface area (Å²) in [6.45, 7) is 7.17. The van der Waals surface area contributed by atoms with E-state index < -0.39 is 11.7 Å². The smallest absolute Gasteiger partial charge is 0.416 e. The van der Waals surface area contributed by atoms with Crippen LogP contribution in [0.4, 0.5) is 10.6 Å². The number of rotatable bonds is 4. The fourth-order valence-corrected chi connectivity index (χ4v) is 1.88. The van der Waals surface area contributed by atoms with Crippen LogP contribution in [0.25, 0.3) is 0 Å². The van der Waals surface area contributed by atoms with Gasteiger partial charge in [0.05, 0.1) is 12.6 Å². The van der Waals surface area contributed by atoms with E-state index in [-0.39, 0.29) is 12.6 Å². The molecule has 0 bridgehead atoms. The number of aliphatic hydroxyl groups excluding tert-OH is 1. The highest BCUT2D eigenvalue weighted by molar-refractivity contribution is 9.10. The number of ether oxygens (including phenoxy) is 1. The van der Waals surface area contributed by atoms with Crippen molar-refractivity contribution < 1.29 is 14.6 Å². The molecule has 1 aromatic rings. The molecule has 112 valence electrons. The van der Waals surface area contributed by atoms with Crippen LogP contribution in [0, 0.1) is 0 Å². The van der Waals surface area contributed by atoms with E-state index in [2.05, 4.69) is 20.9 Å². The fourth-order valence-electron chi connectivity index (χ4n) is 1.64. The van der Waals surface area contributed by atoms with Crippen LogP contribution in [0.15, 0.2) is 22.8 Å². The predicted octanol–water partition coefficient (Wildman–Crippen LogP) is 3.36. The van der Waals surface area contributed by atoms with Crippen molar-refractivity contribution in [1.29, 1.82) is 0 Å². The van der Waals surface area contributed by atoms with Crippen LogP contribution in [-0.2, 0) is 4.74 Å². The van der Waals surface area contributed by atoms with Crippen molar-refractivity contribution in [3.63, 3.8) is 0 Å². The van der Waals surface area contributed by atoms with Gasteiger partial charge in [0.25, 0.3) is 0 Å². The summed E-state index contributed by atoms with van der Waals surface area (Å²) in [6.07, 6.45) is 1.71. The van der Waals surface area contributed by atoms with Crippen molar-refractivity contribution in [3.05, 3.63) is 22.8 Å². The molecule has 0 radical (unpaired) electrons. The van der Waals surface area contributed by atoms with Crippen LogP contribution in [0.5, 0.6) is 0 Å². The van der Waals surface area contributed by atoms with Gasteiger partial charge in [0.2, 0.25) is 0 Å². The molecule has 6 heteroatoms. The quantitative estimate of drug-likeness (QED) is 0.909. The zero-order valence-corrected chi connectivity index (χ0v) is 13.8. The third-order valence-corrected chi connectivity index (χ3v) is 3.07. The molecule has 1 rings (SSSR count). The predicted molar refractivity (Wildman–Crippen MR) is 81.8 cm³/mol. The Hall–Kier alpha value is -1.14. The molecule has 1 atom stereocenters. The Bertz CT molecular complexity index is 439. The minimum atomic E-state index is -0.599. The maximum atomic E-state index is 12.3. The van der Waals surface area contributed by atoms with E-state index >= 15 is 0 Å². The zero-order chi connectivity index (χ0) is 15.3. The van der Waals surface area contributed by atoms with Crippen LogP contribution in [0.3, 0.4) is 0 Å². The number of pyridine rings is 1. The fraction of sp³-hybridized carbons (Fsp3) is 0.571. The molecule has 1 N–H and O–H groups in total. The van der Waals surface area contributed by atoms with Crippen molar-refractivity contribution >= 4 is 27.8 Å². The lowest BCUT2D eigenvalue weighted by molar-refractivity contribution is 0.0548. The highest BCUT2D eigenvalue weighted by Gasteiger charge is 2.29. The SMILES string of the molecule is CC[C@H](CO)N(C(=O)OC(C)(C)C)c1ccc(Br)cn1. The first-order chi connectivity index (χ1) is 9.28. The molecule has 0 aliphatic rings. The van der Waals surface area contributed by atoms with Crippen LogP contribution >= 0.6 is 15.9 Å². The summed E-state index contributed by atoms with van der Waals surface area (Å²) in [4.78, 5) is 18.0. The monoisotopic (exact) mass is 344 g/mol. The van der Waals surface area contributed by atoms with E-state index in [1.165, 1.54) is 4.90 Å². The van der Waals surface area contributed by atoms with Crippen molar-refractivity contribution in [3.8, 4) is 0 Å². The first kappa shape index (κ1) is 16.9. The van der Waals surface area contributed by atoms with Gasteiger partial charge in [-0.3, -0.25) is 4.90 Å². The average molecular weight is 345 g/mol. The van der Waals surface area contributed by atoms with Gasteiger partial charge in [0, 0.05) is 10.7 Å². The average Bonchev–Trinajstić information content (AvgIpc) is 2.35. The molecule has 0 aromatic carbocycles. The third kappa shape index (κ3) is 4.76. The number of hydrogen-bond donors (Lipinski definition) is 1. The molecule has 0 fully saturated rings. The minimum Gasteiger partial charge on any atom is -0.443 e. The van der Waals surface area contributed by atoms with Crippen molar-refractivity contribution in [2.45, 2.75) is 45.8 Å². The number of halogens is 1. The molecule has 1 aromatic heterocycles. The number of carbonyl (C=O) groups excluding carboxylic acids is 1. The lowest BCUT2D eigenvalue weighted by Gasteiger charge is -2.31. The van der Waals surface area contributed by atoms with Gasteiger partial charge in [-0.2, -0.15) is 0 Å². The van der Waals surface area contributed by atoms with Gasteiger partial charge < -0.3 is 9.84 Å². The molecule has 0 unspecified atom stereocenters. The van der Waals surface area contributed by atoms with Gasteiger partial charge in [-0.25, -0.2) is 9.78 Å². The van der Waals surface area contributed by atoms with Crippen LogP contribution in [0.2, 0.25) is 0 Å². The number of carbonyl (C=O) groups is 1. The Morgan fingerprint density at radius 3 is 2.55 bits per heavy atom. The van der Waals surface area contributed by atoms with Gasteiger partial charge in [0.15, 0.2) is 0 Å². The van der Waals surface area contributed by atoms with Crippen molar-refractivity contribution in [1.82, 2.24) is 4.98 Å². The number of aliphatic hydroxyl groups is 1. The Morgan fingerprint density at radius 2 is 2.15 bits per heavy atom. The highest BCUT2D eigenvalue weighted by atomic mass is 79.9. The summed E-state index contributed by atoms with van der Waals surface area (Å²) in [5, 5.41) is 9.47. The number of amides is 1. The number of hydrogen-bond acceptors (Lipinski definition) is 4. The lowest BCUT2D eigenvalue weighted by atomic mass is 10.2. The van der Waals surface area contributed by atoms with Crippen molar-refractivity contribution in [2.24, 2.45) is 0 Å². The second-order valence-electron chi connectivity index (χ2n) is 5.43. The summed E-state index contributed by atoms with van der Waals surface area (Å²) in [7, 11) is 0. The largest absolute Gasteiger partial charge is 0.443 e. The lowest BCUT2D eigenvalue weighted by Crippen LogP contribution is -2.45. The number of nitrogens with zero attached hydrogens (tertiary/aromatic N) is 2. The Morgan fingerprint density at radius 1 is 1.50 bits per heavy atom. The van der Waals surface area contributed by atoms with Gasteiger partial charge in [-0.15, -0.1) is 0 Å². The maximum absolute atomic E-state index is 12.3. The van der Waals surface area contributed by atoms with E-state index in [4.69, 9.17) is 4.74 Å². The van der Waals surface area contributed by atoms with E-state index in [0.717, 1.165) is 4.47 Å². The van der Waals surface area contributed by atoms with Crippen LogP contribution < -0.4 is 4.90 Å². The van der Waals surface area contributed by atoms with Gasteiger partial charge >= 0.3 is 6.09 Å². The Balaban J connectivity index is 3.08. The highest BCUT2D eigenvalue weighted by Crippen LogP contribution is 2.21. The second-order valence-corrected chi connectivity index (χ2v) is 6.35. The van der Waals surface area contributed by atoms with Crippen LogP contribution in [-0.4, -0.2) is 34.4 Å². The summed E-state index contributed by atoms with van der Waals surface area (Å²) < 4.78 is 6.22. The molecule has 0 aliphatic carbocycles. The molecule has 0 aliphatic heterocycles. The van der Waals surface area contributed by atoms with Gasteiger partial charge in [0.1, 0.15) is 11.4 Å².